The molecule has 0 radical (unpaired) electrons. The zero-order valence-corrected chi connectivity index (χ0v) is 18.3. The van der Waals surface area contributed by atoms with E-state index in [-0.39, 0.29) is 18.3 Å². The fraction of sp³-hybridized carbons (Fsp3) is 0.560. The minimum absolute atomic E-state index is 0. The summed E-state index contributed by atoms with van der Waals surface area (Å²) in [5, 5.41) is 0. The van der Waals surface area contributed by atoms with Gasteiger partial charge in [0.15, 0.2) is 0 Å². The monoisotopic (exact) mass is 355 g/mol. The van der Waals surface area contributed by atoms with Crippen molar-refractivity contribution < 1.29 is 0 Å². The molecule has 26 heavy (non-hydrogen) atoms. The van der Waals surface area contributed by atoms with Crippen molar-refractivity contribution in [2.75, 3.05) is 0 Å². The van der Waals surface area contributed by atoms with Gasteiger partial charge in [-0.1, -0.05) is 72.7 Å². The van der Waals surface area contributed by atoms with Gasteiger partial charge in [0.2, 0.25) is 0 Å². The Balaban J connectivity index is 0.000000464. The zero-order chi connectivity index (χ0) is 19.6. The molecular formula is C25H41N. The second-order valence-electron chi connectivity index (χ2n) is 9.36. The van der Waals surface area contributed by atoms with Crippen LogP contribution in [-0.4, -0.2) is 4.98 Å². The second-order valence-corrected chi connectivity index (χ2v) is 9.36. The first-order chi connectivity index (χ1) is 11.2. The number of benzene rings is 1. The Labute approximate surface area is 163 Å². The van der Waals surface area contributed by atoms with E-state index in [0.717, 1.165) is 5.69 Å². The number of aryl methyl sites for hydroxylation is 5. The van der Waals surface area contributed by atoms with E-state index in [2.05, 4.69) is 98.5 Å². The Morgan fingerprint density at radius 2 is 1.23 bits per heavy atom. The first-order valence-corrected chi connectivity index (χ1v) is 9.26. The van der Waals surface area contributed by atoms with Crippen molar-refractivity contribution in [1.29, 1.82) is 0 Å². The molecule has 1 heterocycles. The third-order valence-corrected chi connectivity index (χ3v) is 4.48. The second kappa shape index (κ2) is 8.84. The Kier molecular flexibility index (Phi) is 8.29. The molecule has 0 atom stereocenters. The van der Waals surface area contributed by atoms with Crippen LogP contribution < -0.4 is 0 Å². The van der Waals surface area contributed by atoms with E-state index >= 15 is 0 Å². The molecule has 0 amide bonds. The predicted octanol–water partition coefficient (Wildman–Crippen LogP) is 7.54. The Morgan fingerprint density at radius 3 is 1.62 bits per heavy atom. The maximum absolute atomic E-state index is 4.50. The van der Waals surface area contributed by atoms with Gasteiger partial charge in [0, 0.05) is 11.4 Å². The molecule has 0 aliphatic rings. The van der Waals surface area contributed by atoms with Crippen LogP contribution in [0.25, 0.3) is 0 Å². The summed E-state index contributed by atoms with van der Waals surface area (Å²) in [6, 6.07) is 8.82. The Bertz CT molecular complexity index is 702. The lowest BCUT2D eigenvalue weighted by Gasteiger charge is -2.23. The molecule has 146 valence electrons. The average Bonchev–Trinajstić information content (AvgIpc) is 2.38. The lowest BCUT2D eigenvalue weighted by Crippen LogP contribution is -2.16. The van der Waals surface area contributed by atoms with Gasteiger partial charge in [-0.3, -0.25) is 4.98 Å². The predicted molar refractivity (Wildman–Crippen MR) is 118 cm³/mol. The van der Waals surface area contributed by atoms with E-state index in [1.165, 1.54) is 33.5 Å². The summed E-state index contributed by atoms with van der Waals surface area (Å²) >= 11 is 0. The number of pyridine rings is 1. The Hall–Kier alpha value is -1.63. The summed E-state index contributed by atoms with van der Waals surface area (Å²) in [4.78, 5) is 4.50. The van der Waals surface area contributed by atoms with Gasteiger partial charge >= 0.3 is 0 Å². The van der Waals surface area contributed by atoms with Crippen molar-refractivity contribution in [3.8, 4) is 0 Å². The fourth-order valence-electron chi connectivity index (χ4n) is 3.70. The number of nitrogens with zero attached hydrogens (tertiary/aromatic N) is 1. The SMILES string of the molecule is C.Cc1cc(C)c(C(C)(C)C)c(C)n1.Cc1ccc(C)c(C(C)(C)C)c1. The van der Waals surface area contributed by atoms with Crippen LogP contribution in [0.15, 0.2) is 24.3 Å². The molecule has 0 spiro atoms. The van der Waals surface area contributed by atoms with Crippen molar-refractivity contribution in [3.63, 3.8) is 0 Å². The summed E-state index contributed by atoms with van der Waals surface area (Å²) in [7, 11) is 0. The minimum Gasteiger partial charge on any atom is -0.258 e. The fourth-order valence-corrected chi connectivity index (χ4v) is 3.70. The van der Waals surface area contributed by atoms with Crippen LogP contribution in [0.3, 0.4) is 0 Å². The smallest absolute Gasteiger partial charge is 0.0415 e. The van der Waals surface area contributed by atoms with Crippen LogP contribution in [0.1, 0.15) is 88.2 Å². The van der Waals surface area contributed by atoms with Crippen molar-refractivity contribution in [1.82, 2.24) is 4.98 Å². The van der Waals surface area contributed by atoms with Crippen molar-refractivity contribution in [2.24, 2.45) is 0 Å². The van der Waals surface area contributed by atoms with E-state index in [4.69, 9.17) is 0 Å². The normalized spacial score (nSPS) is 11.3. The van der Waals surface area contributed by atoms with Gasteiger partial charge < -0.3 is 0 Å². The molecule has 1 aromatic heterocycles. The van der Waals surface area contributed by atoms with Crippen molar-refractivity contribution >= 4 is 0 Å². The third kappa shape index (κ3) is 6.59. The molecule has 1 aromatic carbocycles. The Morgan fingerprint density at radius 1 is 0.692 bits per heavy atom. The summed E-state index contributed by atoms with van der Waals surface area (Å²) in [6.45, 7) is 24.1. The summed E-state index contributed by atoms with van der Waals surface area (Å²) in [5.41, 5.74) is 9.72. The molecule has 0 N–H and O–H groups in total. The largest absolute Gasteiger partial charge is 0.258 e. The topological polar surface area (TPSA) is 12.9 Å². The minimum atomic E-state index is 0. The highest BCUT2D eigenvalue weighted by Crippen LogP contribution is 2.28. The first kappa shape index (κ1) is 24.4. The molecular weight excluding hydrogens is 314 g/mol. The number of hydrogen-bond acceptors (Lipinski definition) is 1. The van der Waals surface area contributed by atoms with Crippen LogP contribution in [0.5, 0.6) is 0 Å². The zero-order valence-electron chi connectivity index (χ0n) is 18.3. The molecule has 1 nitrogen and oxygen atoms in total. The van der Waals surface area contributed by atoms with Gasteiger partial charge in [0.25, 0.3) is 0 Å². The van der Waals surface area contributed by atoms with Crippen LogP contribution in [0.2, 0.25) is 0 Å². The van der Waals surface area contributed by atoms with Gasteiger partial charge in [-0.25, -0.2) is 0 Å². The highest BCUT2D eigenvalue weighted by Gasteiger charge is 2.19. The molecule has 0 saturated carbocycles. The van der Waals surface area contributed by atoms with Gasteiger partial charge in [-0.2, -0.15) is 0 Å². The van der Waals surface area contributed by atoms with Gasteiger partial charge in [-0.15, -0.1) is 0 Å². The molecule has 2 rings (SSSR count). The summed E-state index contributed by atoms with van der Waals surface area (Å²) in [5.74, 6) is 0. The van der Waals surface area contributed by atoms with Crippen LogP contribution in [-0.2, 0) is 10.8 Å². The standard InChI is InChI=1S/C12H19N.C12H18.CH4/c1-8-7-9(2)13-10(3)11(8)12(4,5)6;1-9-6-7-10(2)11(8-9)12(3,4)5;/h7H,1-6H3;6-8H,1-5H3;1H4. The molecule has 0 unspecified atom stereocenters. The molecule has 2 aromatic rings. The average molecular weight is 356 g/mol. The lowest BCUT2D eigenvalue weighted by molar-refractivity contribution is 0.577. The number of aromatic nitrogens is 1. The van der Waals surface area contributed by atoms with Crippen molar-refractivity contribution in [3.05, 3.63) is 63.5 Å². The maximum Gasteiger partial charge on any atom is 0.0415 e. The van der Waals surface area contributed by atoms with Crippen LogP contribution >= 0.6 is 0 Å². The highest BCUT2D eigenvalue weighted by atomic mass is 14.7. The van der Waals surface area contributed by atoms with Crippen LogP contribution in [0, 0.1) is 34.6 Å². The molecule has 0 aliphatic carbocycles. The number of rotatable bonds is 0. The summed E-state index contributed by atoms with van der Waals surface area (Å²) < 4.78 is 0. The molecule has 0 saturated heterocycles. The number of hydrogen-bond donors (Lipinski definition) is 0. The first-order valence-electron chi connectivity index (χ1n) is 9.26. The van der Waals surface area contributed by atoms with E-state index in [1.54, 1.807) is 0 Å². The lowest BCUT2D eigenvalue weighted by atomic mass is 9.83. The van der Waals surface area contributed by atoms with E-state index < -0.39 is 0 Å². The quantitative estimate of drug-likeness (QED) is 0.475. The van der Waals surface area contributed by atoms with Gasteiger partial charge in [0.05, 0.1) is 0 Å². The molecule has 0 aliphatic heterocycles. The summed E-state index contributed by atoms with van der Waals surface area (Å²) in [6.07, 6.45) is 0. The van der Waals surface area contributed by atoms with E-state index in [1.807, 2.05) is 6.92 Å². The van der Waals surface area contributed by atoms with E-state index in [0.29, 0.717) is 0 Å². The van der Waals surface area contributed by atoms with Gasteiger partial charge in [-0.05, 0) is 73.8 Å². The molecule has 1 heteroatoms. The molecule has 0 fully saturated rings. The van der Waals surface area contributed by atoms with E-state index in [9.17, 15) is 0 Å². The van der Waals surface area contributed by atoms with Crippen molar-refractivity contribution in [2.45, 2.75) is 94.4 Å². The highest BCUT2D eigenvalue weighted by molar-refractivity contribution is 5.36. The van der Waals surface area contributed by atoms with Crippen LogP contribution in [0.4, 0.5) is 0 Å². The molecule has 0 bridgehead atoms. The van der Waals surface area contributed by atoms with Gasteiger partial charge in [0.1, 0.15) is 0 Å². The maximum atomic E-state index is 4.50. The third-order valence-electron chi connectivity index (χ3n) is 4.48.